The number of anilines is 1. The Morgan fingerprint density at radius 3 is 2.60 bits per heavy atom. The molecular formula is C22H27N3. The van der Waals surface area contributed by atoms with E-state index in [1.165, 1.54) is 40.8 Å². The van der Waals surface area contributed by atoms with Gasteiger partial charge >= 0.3 is 0 Å². The van der Waals surface area contributed by atoms with E-state index < -0.39 is 0 Å². The molecule has 1 atom stereocenters. The van der Waals surface area contributed by atoms with Gasteiger partial charge in [0.15, 0.2) is 0 Å². The first-order valence-electron chi connectivity index (χ1n) is 9.45. The second-order valence-electron chi connectivity index (χ2n) is 7.19. The first kappa shape index (κ1) is 16.2. The van der Waals surface area contributed by atoms with Crippen LogP contribution < -0.4 is 4.90 Å². The van der Waals surface area contributed by atoms with Crippen molar-refractivity contribution in [1.82, 2.24) is 4.90 Å². The Morgan fingerprint density at radius 1 is 1.08 bits per heavy atom. The van der Waals surface area contributed by atoms with Gasteiger partial charge in [0, 0.05) is 24.3 Å². The fourth-order valence-corrected chi connectivity index (χ4v) is 4.02. The molecule has 2 heterocycles. The molecule has 3 nitrogen and oxygen atoms in total. The zero-order valence-corrected chi connectivity index (χ0v) is 15.5. The summed E-state index contributed by atoms with van der Waals surface area (Å²) >= 11 is 0. The lowest BCUT2D eigenvalue weighted by molar-refractivity contribution is 0.373. The summed E-state index contributed by atoms with van der Waals surface area (Å²) in [6.45, 7) is 9.64. The highest BCUT2D eigenvalue weighted by molar-refractivity contribution is 6.00. The van der Waals surface area contributed by atoms with Crippen LogP contribution in [0, 0.1) is 13.8 Å². The standard InChI is InChI=1S/C22H27N3/c1-4-5-12-24-20-15-17(3)16(2)14-19(20)21(18-9-7-6-8-10-18)25-13-11-23-22(24)25/h6-10,14-15,21H,4-5,11-13H2,1-3H3. The third kappa shape index (κ3) is 2.72. The van der Waals surface area contributed by atoms with Crippen molar-refractivity contribution >= 4 is 11.6 Å². The number of unbranched alkanes of at least 4 members (excludes halogenated alkanes) is 1. The van der Waals surface area contributed by atoms with Gasteiger partial charge in [-0.05, 0) is 43.0 Å². The molecule has 0 radical (unpaired) electrons. The molecule has 0 saturated heterocycles. The first-order chi connectivity index (χ1) is 12.2. The molecule has 4 rings (SSSR count). The highest BCUT2D eigenvalue weighted by Crippen LogP contribution is 2.42. The van der Waals surface area contributed by atoms with Crippen LogP contribution in [-0.2, 0) is 0 Å². The monoisotopic (exact) mass is 333 g/mol. The summed E-state index contributed by atoms with van der Waals surface area (Å²) in [6, 6.07) is 15.9. The van der Waals surface area contributed by atoms with E-state index in [0.29, 0.717) is 0 Å². The van der Waals surface area contributed by atoms with Gasteiger partial charge in [-0.3, -0.25) is 4.99 Å². The smallest absolute Gasteiger partial charge is 0.202 e. The van der Waals surface area contributed by atoms with Crippen molar-refractivity contribution in [1.29, 1.82) is 0 Å². The third-order valence-electron chi connectivity index (χ3n) is 5.48. The predicted molar refractivity (Wildman–Crippen MR) is 105 cm³/mol. The molecule has 0 aliphatic carbocycles. The molecule has 2 aromatic rings. The Bertz CT molecular complexity index is 794. The highest BCUT2D eigenvalue weighted by Gasteiger charge is 2.38. The Kier molecular flexibility index (Phi) is 4.24. The number of nitrogens with zero attached hydrogens (tertiary/aromatic N) is 3. The number of fused-ring (bicyclic) bond motifs is 2. The van der Waals surface area contributed by atoms with Gasteiger partial charge in [0.1, 0.15) is 0 Å². The SMILES string of the molecule is CCCCN1C2=NCCN2C(c2ccccc2)c2cc(C)c(C)cc21. The number of benzene rings is 2. The fourth-order valence-electron chi connectivity index (χ4n) is 4.02. The van der Waals surface area contributed by atoms with Crippen molar-refractivity contribution in [3.8, 4) is 0 Å². The van der Waals surface area contributed by atoms with Crippen molar-refractivity contribution in [3.05, 3.63) is 64.7 Å². The fraction of sp³-hybridized carbons (Fsp3) is 0.409. The largest absolute Gasteiger partial charge is 0.329 e. The minimum Gasteiger partial charge on any atom is -0.329 e. The summed E-state index contributed by atoms with van der Waals surface area (Å²) in [4.78, 5) is 9.85. The van der Waals surface area contributed by atoms with Crippen LogP contribution in [0.2, 0.25) is 0 Å². The topological polar surface area (TPSA) is 18.8 Å². The normalized spacial score (nSPS) is 18.8. The highest BCUT2D eigenvalue weighted by atomic mass is 15.4. The summed E-state index contributed by atoms with van der Waals surface area (Å²) in [5.74, 6) is 1.16. The molecule has 1 unspecified atom stereocenters. The predicted octanol–water partition coefficient (Wildman–Crippen LogP) is 4.68. The van der Waals surface area contributed by atoms with E-state index in [4.69, 9.17) is 4.99 Å². The minimum atomic E-state index is 0.273. The van der Waals surface area contributed by atoms with Gasteiger partial charge in [0.25, 0.3) is 0 Å². The van der Waals surface area contributed by atoms with E-state index >= 15 is 0 Å². The second kappa shape index (κ2) is 6.55. The van der Waals surface area contributed by atoms with Crippen molar-refractivity contribution in [2.24, 2.45) is 4.99 Å². The number of hydrogen-bond donors (Lipinski definition) is 0. The van der Waals surface area contributed by atoms with Crippen LogP contribution in [0.3, 0.4) is 0 Å². The summed E-state index contributed by atoms with van der Waals surface area (Å²) in [6.07, 6.45) is 2.39. The molecule has 3 heteroatoms. The van der Waals surface area contributed by atoms with Crippen LogP contribution >= 0.6 is 0 Å². The van der Waals surface area contributed by atoms with Crippen LogP contribution in [-0.4, -0.2) is 30.5 Å². The van der Waals surface area contributed by atoms with Gasteiger partial charge in [-0.2, -0.15) is 0 Å². The molecular weight excluding hydrogens is 306 g/mol. The van der Waals surface area contributed by atoms with E-state index in [9.17, 15) is 0 Å². The van der Waals surface area contributed by atoms with Crippen LogP contribution in [0.4, 0.5) is 5.69 Å². The van der Waals surface area contributed by atoms with Crippen molar-refractivity contribution in [2.45, 2.75) is 39.7 Å². The Hall–Kier alpha value is -2.29. The van der Waals surface area contributed by atoms with Gasteiger partial charge in [-0.25, -0.2) is 0 Å². The number of aliphatic imine (C=N–C) groups is 1. The zero-order chi connectivity index (χ0) is 17.4. The maximum atomic E-state index is 4.89. The molecule has 0 amide bonds. The van der Waals surface area contributed by atoms with Gasteiger partial charge in [0.05, 0.1) is 12.6 Å². The van der Waals surface area contributed by atoms with Crippen LogP contribution in [0.25, 0.3) is 0 Å². The molecule has 0 bridgehead atoms. The maximum absolute atomic E-state index is 4.89. The minimum absolute atomic E-state index is 0.273. The van der Waals surface area contributed by atoms with Crippen LogP contribution in [0.1, 0.15) is 48.1 Å². The number of aryl methyl sites for hydroxylation is 2. The van der Waals surface area contributed by atoms with Crippen molar-refractivity contribution < 1.29 is 0 Å². The number of guanidine groups is 1. The summed E-state index contributed by atoms with van der Waals surface area (Å²) in [5.41, 5.74) is 6.86. The molecule has 0 fully saturated rings. The van der Waals surface area contributed by atoms with Gasteiger partial charge in [0.2, 0.25) is 5.96 Å². The molecule has 2 aliphatic heterocycles. The van der Waals surface area contributed by atoms with Gasteiger partial charge in [-0.1, -0.05) is 49.7 Å². The first-order valence-corrected chi connectivity index (χ1v) is 9.45. The van der Waals surface area contributed by atoms with Gasteiger partial charge < -0.3 is 9.80 Å². The zero-order valence-electron chi connectivity index (χ0n) is 15.5. The molecule has 2 aromatic carbocycles. The number of rotatable bonds is 4. The van der Waals surface area contributed by atoms with Crippen LogP contribution in [0.15, 0.2) is 47.5 Å². The van der Waals surface area contributed by atoms with E-state index in [1.54, 1.807) is 0 Å². The van der Waals surface area contributed by atoms with E-state index in [0.717, 1.165) is 25.6 Å². The lowest BCUT2D eigenvalue weighted by Gasteiger charge is -2.43. The average Bonchev–Trinajstić information content (AvgIpc) is 3.10. The Morgan fingerprint density at radius 2 is 1.84 bits per heavy atom. The molecule has 0 N–H and O–H groups in total. The van der Waals surface area contributed by atoms with Crippen molar-refractivity contribution in [2.75, 3.05) is 24.5 Å². The lowest BCUT2D eigenvalue weighted by Crippen LogP contribution is -2.49. The summed E-state index contributed by atoms with van der Waals surface area (Å²) < 4.78 is 0. The van der Waals surface area contributed by atoms with Crippen molar-refractivity contribution in [3.63, 3.8) is 0 Å². The average molecular weight is 333 g/mol. The lowest BCUT2D eigenvalue weighted by atomic mass is 9.90. The maximum Gasteiger partial charge on any atom is 0.202 e. The Balaban J connectivity index is 1.89. The second-order valence-corrected chi connectivity index (χ2v) is 7.19. The number of hydrogen-bond acceptors (Lipinski definition) is 3. The van der Waals surface area contributed by atoms with E-state index in [-0.39, 0.29) is 6.04 Å². The third-order valence-corrected chi connectivity index (χ3v) is 5.48. The molecule has 2 aliphatic rings. The van der Waals surface area contributed by atoms with Gasteiger partial charge in [-0.15, -0.1) is 0 Å². The quantitative estimate of drug-likeness (QED) is 0.809. The molecule has 0 saturated carbocycles. The van der Waals surface area contributed by atoms with E-state index in [2.05, 4.69) is 73.0 Å². The Labute approximate surface area is 151 Å². The summed E-state index contributed by atoms with van der Waals surface area (Å²) in [7, 11) is 0. The molecule has 0 spiro atoms. The van der Waals surface area contributed by atoms with E-state index in [1.807, 2.05) is 0 Å². The molecule has 0 aromatic heterocycles. The molecule has 25 heavy (non-hydrogen) atoms. The molecule has 130 valence electrons. The summed E-state index contributed by atoms with van der Waals surface area (Å²) in [5, 5.41) is 0. The van der Waals surface area contributed by atoms with Crippen LogP contribution in [0.5, 0.6) is 0 Å².